The van der Waals surface area contributed by atoms with Gasteiger partial charge in [-0.2, -0.15) is 0 Å². The van der Waals surface area contributed by atoms with Crippen molar-refractivity contribution in [2.24, 2.45) is 0 Å². The number of hydrogen-bond donors (Lipinski definition) is 1. The highest BCUT2D eigenvalue weighted by molar-refractivity contribution is 5.88. The van der Waals surface area contributed by atoms with E-state index in [9.17, 15) is 4.79 Å². The molecule has 1 aromatic heterocycles. The summed E-state index contributed by atoms with van der Waals surface area (Å²) in [5.41, 5.74) is 5.96. The number of carbonyl (C=O) groups excluding carboxylic acids is 1. The van der Waals surface area contributed by atoms with E-state index in [0.717, 1.165) is 51.7 Å². The average molecular weight is 423 g/mol. The molecule has 5 nitrogen and oxygen atoms in total. The average Bonchev–Trinajstić information content (AvgIpc) is 3.15. The van der Waals surface area contributed by atoms with Crippen molar-refractivity contribution in [3.8, 4) is 0 Å². The minimum absolute atomic E-state index is 0.274. The summed E-state index contributed by atoms with van der Waals surface area (Å²) in [5.74, 6) is 1.09. The summed E-state index contributed by atoms with van der Waals surface area (Å²) in [7, 11) is 0. The molecule has 1 aromatic carbocycles. The number of aromatic nitrogens is 1. The summed E-state index contributed by atoms with van der Waals surface area (Å²) < 4.78 is 8.04. The second-order valence-corrected chi connectivity index (χ2v) is 10.2. The van der Waals surface area contributed by atoms with Crippen LogP contribution >= 0.6 is 0 Å². The number of quaternary nitrogens is 1. The van der Waals surface area contributed by atoms with E-state index in [1.165, 1.54) is 66.4 Å². The van der Waals surface area contributed by atoms with Gasteiger partial charge in [-0.25, -0.2) is 0 Å². The van der Waals surface area contributed by atoms with Crippen LogP contribution in [-0.4, -0.2) is 54.8 Å². The zero-order valence-corrected chi connectivity index (χ0v) is 18.7. The van der Waals surface area contributed by atoms with Gasteiger partial charge in [0.15, 0.2) is 6.54 Å². The topological polar surface area (TPSA) is 38.9 Å². The van der Waals surface area contributed by atoms with Crippen LogP contribution in [0.1, 0.15) is 73.7 Å². The third kappa shape index (κ3) is 3.50. The number of benzene rings is 1. The molecule has 2 aromatic rings. The van der Waals surface area contributed by atoms with Crippen LogP contribution in [0.4, 0.5) is 0 Å². The number of nitrogens with one attached hydrogen (secondary N) is 1. The molecule has 1 saturated heterocycles. The first-order chi connectivity index (χ1) is 15.3. The Balaban J connectivity index is 1.31. The maximum atomic E-state index is 13.3. The summed E-state index contributed by atoms with van der Waals surface area (Å²) in [6.07, 6.45) is 10.3. The van der Waals surface area contributed by atoms with Gasteiger partial charge in [0.2, 0.25) is 0 Å². The first-order valence-electron chi connectivity index (χ1n) is 12.7. The molecule has 0 bridgehead atoms. The summed E-state index contributed by atoms with van der Waals surface area (Å²) in [4.78, 5) is 16.9. The molecule has 31 heavy (non-hydrogen) atoms. The number of fused-ring (bicyclic) bond motifs is 3. The maximum absolute atomic E-state index is 13.3. The first-order valence-corrected chi connectivity index (χ1v) is 12.7. The molecular weight excluding hydrogens is 386 g/mol. The Kier molecular flexibility index (Phi) is 5.27. The third-order valence-electron chi connectivity index (χ3n) is 8.40. The predicted octanol–water partition coefficient (Wildman–Crippen LogP) is 2.82. The van der Waals surface area contributed by atoms with Gasteiger partial charge in [0.05, 0.1) is 19.3 Å². The van der Waals surface area contributed by atoms with Crippen LogP contribution in [0.5, 0.6) is 0 Å². The van der Waals surface area contributed by atoms with Crippen molar-refractivity contribution in [2.45, 2.75) is 69.9 Å². The molecule has 1 N–H and O–H groups in total. The van der Waals surface area contributed by atoms with Crippen molar-refractivity contribution in [3.63, 3.8) is 0 Å². The molecule has 1 amide bonds. The molecule has 2 aliphatic heterocycles. The van der Waals surface area contributed by atoms with Crippen LogP contribution in [0.2, 0.25) is 0 Å². The smallest absolute Gasteiger partial charge is 0.278 e. The van der Waals surface area contributed by atoms with Gasteiger partial charge in [-0.15, -0.1) is 0 Å². The lowest BCUT2D eigenvalue weighted by molar-refractivity contribution is -0.900. The maximum Gasteiger partial charge on any atom is 0.278 e. The lowest BCUT2D eigenvalue weighted by atomic mass is 9.83. The summed E-state index contributed by atoms with van der Waals surface area (Å²) >= 11 is 0. The Morgan fingerprint density at radius 1 is 1.03 bits per heavy atom. The SMILES string of the molecule is O=C(C[NH+]1CCOCC1)N1CCn2c3c(c4cc(C5CCCCC5)ccc42)CCC[C@@H]31. The Morgan fingerprint density at radius 2 is 1.87 bits per heavy atom. The normalized spacial score (nSPS) is 25.0. The second-order valence-electron chi connectivity index (χ2n) is 10.2. The molecule has 5 heteroatoms. The van der Waals surface area contributed by atoms with Crippen molar-refractivity contribution in [2.75, 3.05) is 39.4 Å². The van der Waals surface area contributed by atoms with Crippen LogP contribution in [0.25, 0.3) is 10.9 Å². The van der Waals surface area contributed by atoms with E-state index < -0.39 is 0 Å². The third-order valence-corrected chi connectivity index (χ3v) is 8.40. The summed E-state index contributed by atoms with van der Waals surface area (Å²) in [5, 5.41) is 1.48. The molecule has 0 unspecified atom stereocenters. The zero-order valence-electron chi connectivity index (χ0n) is 18.7. The second kappa shape index (κ2) is 8.25. The Hall–Kier alpha value is -1.85. The molecule has 0 spiro atoms. The summed E-state index contributed by atoms with van der Waals surface area (Å²) in [6, 6.07) is 7.60. The van der Waals surface area contributed by atoms with Crippen LogP contribution in [0, 0.1) is 0 Å². The van der Waals surface area contributed by atoms with Crippen LogP contribution in [0.3, 0.4) is 0 Å². The van der Waals surface area contributed by atoms with E-state index in [-0.39, 0.29) is 6.04 Å². The van der Waals surface area contributed by atoms with E-state index in [1.807, 2.05) is 0 Å². The van der Waals surface area contributed by atoms with Crippen LogP contribution in [-0.2, 0) is 22.5 Å². The standard InChI is InChI=1S/C26H35N3O2/c30-25(18-27-13-15-31-16-14-27)28-11-12-29-23-10-9-20(19-5-2-1-3-6-19)17-22(23)21-7-4-8-24(28)26(21)29/h9-10,17,19,24H,1-8,11-16,18H2/p+1/t24-/m0/s1. The molecule has 1 saturated carbocycles. The quantitative estimate of drug-likeness (QED) is 0.826. The molecular formula is C26H36N3O2+. The molecule has 166 valence electrons. The van der Waals surface area contributed by atoms with E-state index in [4.69, 9.17) is 4.74 Å². The van der Waals surface area contributed by atoms with E-state index >= 15 is 0 Å². The van der Waals surface area contributed by atoms with Crippen molar-refractivity contribution in [1.82, 2.24) is 9.47 Å². The molecule has 4 aliphatic rings. The lowest BCUT2D eigenvalue weighted by Crippen LogP contribution is -3.15. The fourth-order valence-corrected chi connectivity index (χ4v) is 6.76. The highest BCUT2D eigenvalue weighted by Gasteiger charge is 2.38. The molecule has 0 radical (unpaired) electrons. The molecule has 2 fully saturated rings. The minimum Gasteiger partial charge on any atom is -0.370 e. The Labute approximate surface area is 185 Å². The monoisotopic (exact) mass is 422 g/mol. The lowest BCUT2D eigenvalue weighted by Gasteiger charge is -2.40. The molecule has 1 atom stereocenters. The van der Waals surface area contributed by atoms with Crippen molar-refractivity contribution in [3.05, 3.63) is 35.0 Å². The van der Waals surface area contributed by atoms with Crippen molar-refractivity contribution >= 4 is 16.8 Å². The van der Waals surface area contributed by atoms with Gasteiger partial charge in [-0.3, -0.25) is 4.79 Å². The molecule has 3 heterocycles. The van der Waals surface area contributed by atoms with Gasteiger partial charge in [0, 0.05) is 29.7 Å². The fraction of sp³-hybridized carbons (Fsp3) is 0.654. The number of carbonyl (C=O) groups is 1. The molecule has 6 rings (SSSR count). The molecule has 2 aliphatic carbocycles. The first kappa shape index (κ1) is 19.8. The fourth-order valence-electron chi connectivity index (χ4n) is 6.76. The van der Waals surface area contributed by atoms with Crippen molar-refractivity contribution in [1.29, 1.82) is 0 Å². The number of rotatable bonds is 3. The van der Waals surface area contributed by atoms with Gasteiger partial charge in [-0.05, 0) is 61.3 Å². The van der Waals surface area contributed by atoms with E-state index in [2.05, 4.69) is 27.7 Å². The van der Waals surface area contributed by atoms with Crippen LogP contribution < -0.4 is 4.90 Å². The number of morpholine rings is 1. The number of nitrogens with zero attached hydrogens (tertiary/aromatic N) is 2. The van der Waals surface area contributed by atoms with E-state index in [0.29, 0.717) is 12.5 Å². The van der Waals surface area contributed by atoms with E-state index in [1.54, 1.807) is 11.1 Å². The number of ether oxygens (including phenoxy) is 1. The number of aryl methyl sites for hydroxylation is 1. The largest absolute Gasteiger partial charge is 0.370 e. The minimum atomic E-state index is 0.274. The van der Waals surface area contributed by atoms with Gasteiger partial charge in [0.1, 0.15) is 13.1 Å². The Bertz CT molecular complexity index is 969. The van der Waals surface area contributed by atoms with Crippen LogP contribution in [0.15, 0.2) is 18.2 Å². The Morgan fingerprint density at radius 3 is 2.71 bits per heavy atom. The van der Waals surface area contributed by atoms with Gasteiger partial charge in [-0.1, -0.05) is 25.3 Å². The van der Waals surface area contributed by atoms with Gasteiger partial charge >= 0.3 is 0 Å². The van der Waals surface area contributed by atoms with Gasteiger partial charge in [0.25, 0.3) is 5.91 Å². The predicted molar refractivity (Wildman–Crippen MR) is 122 cm³/mol. The highest BCUT2D eigenvalue weighted by atomic mass is 16.5. The number of hydrogen-bond acceptors (Lipinski definition) is 2. The highest BCUT2D eigenvalue weighted by Crippen LogP contribution is 2.44. The van der Waals surface area contributed by atoms with Crippen molar-refractivity contribution < 1.29 is 14.4 Å². The summed E-state index contributed by atoms with van der Waals surface area (Å²) in [6.45, 7) is 5.91. The zero-order chi connectivity index (χ0) is 20.8. The number of amides is 1. The van der Waals surface area contributed by atoms with Gasteiger partial charge < -0.3 is 19.1 Å².